The highest BCUT2D eigenvalue weighted by molar-refractivity contribution is 6.28. The highest BCUT2D eigenvalue weighted by Crippen LogP contribution is 2.38. The number of para-hydroxylation sites is 2. The average Bonchev–Trinajstić information content (AvgIpc) is 2.47. The fourth-order valence-corrected chi connectivity index (χ4v) is 1.95. The van der Waals surface area contributed by atoms with Gasteiger partial charge in [0.15, 0.2) is 0 Å². The third kappa shape index (κ3) is 4.14. The van der Waals surface area contributed by atoms with E-state index in [4.69, 9.17) is 17.3 Å². The number of amidine groups is 1. The van der Waals surface area contributed by atoms with Gasteiger partial charge in [0.2, 0.25) is 0 Å². The monoisotopic (exact) mass is 328 g/mol. The fraction of sp³-hybridized carbons (Fsp3) is 0.133. The van der Waals surface area contributed by atoms with Crippen LogP contribution in [-0.2, 0) is 0 Å². The zero-order valence-corrected chi connectivity index (χ0v) is 12.0. The first-order valence-electron chi connectivity index (χ1n) is 6.24. The van der Waals surface area contributed by atoms with Crippen LogP contribution in [-0.4, -0.2) is 18.1 Å². The minimum absolute atomic E-state index is 0.0228. The molecule has 0 fully saturated rings. The van der Waals surface area contributed by atoms with Crippen LogP contribution in [0.2, 0.25) is 0 Å². The summed E-state index contributed by atoms with van der Waals surface area (Å²) in [6.45, 7) is 0. The van der Waals surface area contributed by atoms with Crippen LogP contribution in [0.1, 0.15) is 0 Å². The van der Waals surface area contributed by atoms with Crippen LogP contribution in [0.5, 0.6) is 5.75 Å². The first-order valence-corrected chi connectivity index (χ1v) is 6.77. The van der Waals surface area contributed by atoms with E-state index in [9.17, 15) is 13.2 Å². The minimum atomic E-state index is -4.77. The molecule has 0 unspecified atom stereocenters. The number of nitrogens with zero attached hydrogens (tertiary/aromatic N) is 1. The summed E-state index contributed by atoms with van der Waals surface area (Å²) in [6, 6.07) is 12.5. The maximum absolute atomic E-state index is 12.5. The van der Waals surface area contributed by atoms with Crippen molar-refractivity contribution >= 4 is 23.1 Å². The standard InChI is InChI=1S/C15H12ClF3N2O/c16-9-14(20)21-12-7-3-1-5-10(12)11-6-2-4-8-13(11)22-15(17,18)19/h1-8H,9H2,(H2,20,21). The van der Waals surface area contributed by atoms with E-state index in [0.717, 1.165) is 0 Å². The summed E-state index contributed by atoms with van der Waals surface area (Å²) in [6.07, 6.45) is -4.77. The highest BCUT2D eigenvalue weighted by atomic mass is 35.5. The van der Waals surface area contributed by atoms with Crippen molar-refractivity contribution in [2.75, 3.05) is 5.88 Å². The second-order valence-electron chi connectivity index (χ2n) is 4.30. The maximum Gasteiger partial charge on any atom is 0.573 e. The molecule has 0 radical (unpaired) electrons. The van der Waals surface area contributed by atoms with E-state index in [0.29, 0.717) is 11.3 Å². The smallest absolute Gasteiger partial charge is 0.405 e. The Labute approximate surface area is 130 Å². The molecule has 0 aliphatic rings. The Morgan fingerprint density at radius 2 is 1.64 bits per heavy atom. The summed E-state index contributed by atoms with van der Waals surface area (Å²) in [4.78, 5) is 4.12. The van der Waals surface area contributed by atoms with E-state index in [1.54, 1.807) is 30.3 Å². The van der Waals surface area contributed by atoms with Gasteiger partial charge in [-0.1, -0.05) is 36.4 Å². The molecule has 0 aliphatic heterocycles. The molecule has 2 aromatic rings. The number of hydrogen-bond acceptors (Lipinski definition) is 2. The number of hydrogen-bond donors (Lipinski definition) is 1. The molecular formula is C15H12ClF3N2O. The van der Waals surface area contributed by atoms with E-state index < -0.39 is 6.36 Å². The van der Waals surface area contributed by atoms with Gasteiger partial charge in [-0.3, -0.25) is 0 Å². The van der Waals surface area contributed by atoms with Gasteiger partial charge >= 0.3 is 6.36 Å². The third-order valence-electron chi connectivity index (χ3n) is 2.71. The molecule has 0 bridgehead atoms. The topological polar surface area (TPSA) is 47.6 Å². The lowest BCUT2D eigenvalue weighted by Gasteiger charge is -2.14. The van der Waals surface area contributed by atoms with Crippen molar-refractivity contribution in [1.82, 2.24) is 0 Å². The Bertz CT molecular complexity index is 686. The van der Waals surface area contributed by atoms with Crippen LogP contribution < -0.4 is 10.5 Å². The molecule has 0 saturated carbocycles. The number of aliphatic imine (C=N–C) groups is 1. The second-order valence-corrected chi connectivity index (χ2v) is 4.57. The first-order chi connectivity index (χ1) is 10.4. The van der Waals surface area contributed by atoms with E-state index in [1.165, 1.54) is 18.2 Å². The summed E-state index contributed by atoms with van der Waals surface area (Å²) < 4.78 is 41.6. The van der Waals surface area contributed by atoms with Gasteiger partial charge in [-0.25, -0.2) is 4.99 Å². The SMILES string of the molecule is NC(CCl)=Nc1ccccc1-c1ccccc1OC(F)(F)F. The molecule has 2 aromatic carbocycles. The maximum atomic E-state index is 12.5. The summed E-state index contributed by atoms with van der Waals surface area (Å²) in [5, 5.41) is 0. The van der Waals surface area contributed by atoms with Gasteiger partial charge in [-0.15, -0.1) is 24.8 Å². The Kier molecular flexibility index (Phi) is 4.92. The molecule has 0 amide bonds. The van der Waals surface area contributed by atoms with Gasteiger partial charge in [-0.05, 0) is 12.1 Å². The zero-order valence-electron chi connectivity index (χ0n) is 11.3. The summed E-state index contributed by atoms with van der Waals surface area (Å²) in [5.74, 6) is -0.111. The van der Waals surface area contributed by atoms with Crippen LogP contribution in [0, 0.1) is 0 Å². The predicted octanol–water partition coefficient (Wildman–Crippen LogP) is 4.48. The van der Waals surface area contributed by atoms with Crippen molar-refractivity contribution in [3.8, 4) is 16.9 Å². The molecule has 0 spiro atoms. The summed E-state index contributed by atoms with van der Waals surface area (Å²) in [5.41, 5.74) is 6.75. The molecule has 0 aromatic heterocycles. The lowest BCUT2D eigenvalue weighted by molar-refractivity contribution is -0.274. The normalized spacial score (nSPS) is 12.3. The molecule has 22 heavy (non-hydrogen) atoms. The van der Waals surface area contributed by atoms with Crippen LogP contribution in [0.25, 0.3) is 11.1 Å². The Hall–Kier alpha value is -2.21. The Balaban J connectivity index is 2.54. The second kappa shape index (κ2) is 6.70. The van der Waals surface area contributed by atoms with Crippen molar-refractivity contribution < 1.29 is 17.9 Å². The van der Waals surface area contributed by atoms with Gasteiger partial charge in [0.25, 0.3) is 0 Å². The van der Waals surface area contributed by atoms with Gasteiger partial charge in [0.05, 0.1) is 11.6 Å². The highest BCUT2D eigenvalue weighted by Gasteiger charge is 2.32. The molecule has 2 N–H and O–H groups in total. The van der Waals surface area contributed by atoms with Crippen molar-refractivity contribution in [2.24, 2.45) is 10.7 Å². The molecular weight excluding hydrogens is 317 g/mol. The van der Waals surface area contributed by atoms with Crippen LogP contribution in [0.3, 0.4) is 0 Å². The third-order valence-corrected chi connectivity index (χ3v) is 2.98. The van der Waals surface area contributed by atoms with E-state index in [-0.39, 0.29) is 23.0 Å². The number of nitrogens with two attached hydrogens (primary N) is 1. The molecule has 7 heteroatoms. The fourth-order valence-electron chi connectivity index (χ4n) is 1.89. The summed E-state index contributed by atoms with van der Waals surface area (Å²) >= 11 is 5.59. The van der Waals surface area contributed by atoms with Crippen LogP contribution in [0.15, 0.2) is 53.5 Å². The molecule has 0 saturated heterocycles. The quantitative estimate of drug-likeness (QED) is 0.511. The van der Waals surface area contributed by atoms with Crippen LogP contribution >= 0.6 is 11.6 Å². The van der Waals surface area contributed by atoms with Crippen molar-refractivity contribution in [2.45, 2.75) is 6.36 Å². The van der Waals surface area contributed by atoms with Gasteiger partial charge < -0.3 is 10.5 Å². The molecule has 0 atom stereocenters. The molecule has 0 heterocycles. The number of halogens is 4. The lowest BCUT2D eigenvalue weighted by Crippen LogP contribution is -2.17. The Morgan fingerprint density at radius 1 is 1.05 bits per heavy atom. The predicted molar refractivity (Wildman–Crippen MR) is 80.6 cm³/mol. The number of rotatable bonds is 4. The van der Waals surface area contributed by atoms with Gasteiger partial charge in [0.1, 0.15) is 11.6 Å². The van der Waals surface area contributed by atoms with Crippen molar-refractivity contribution in [3.63, 3.8) is 0 Å². The van der Waals surface area contributed by atoms with Crippen LogP contribution in [0.4, 0.5) is 18.9 Å². The van der Waals surface area contributed by atoms with E-state index >= 15 is 0 Å². The van der Waals surface area contributed by atoms with Gasteiger partial charge in [0, 0.05) is 11.1 Å². The largest absolute Gasteiger partial charge is 0.573 e. The van der Waals surface area contributed by atoms with Crippen molar-refractivity contribution in [1.29, 1.82) is 0 Å². The summed E-state index contributed by atoms with van der Waals surface area (Å²) in [7, 11) is 0. The van der Waals surface area contributed by atoms with E-state index in [1.807, 2.05) is 0 Å². The zero-order chi connectivity index (χ0) is 16.2. The molecule has 116 valence electrons. The van der Waals surface area contributed by atoms with Gasteiger partial charge in [-0.2, -0.15) is 0 Å². The average molecular weight is 329 g/mol. The first kappa shape index (κ1) is 16.2. The number of benzene rings is 2. The minimum Gasteiger partial charge on any atom is -0.405 e. The Morgan fingerprint density at radius 3 is 2.27 bits per heavy atom. The molecule has 3 nitrogen and oxygen atoms in total. The number of alkyl halides is 4. The number of ether oxygens (including phenoxy) is 1. The molecule has 2 rings (SSSR count). The van der Waals surface area contributed by atoms with E-state index in [2.05, 4.69) is 9.73 Å². The lowest BCUT2D eigenvalue weighted by atomic mass is 10.0. The molecule has 0 aliphatic carbocycles. The van der Waals surface area contributed by atoms with Crippen molar-refractivity contribution in [3.05, 3.63) is 48.5 Å².